The number of nitrogens with zero attached hydrogens (tertiary/aromatic N) is 4. The van der Waals surface area contributed by atoms with Crippen molar-refractivity contribution in [3.63, 3.8) is 0 Å². The fourth-order valence-corrected chi connectivity index (χ4v) is 3.70. The molecule has 0 aliphatic rings. The SMILES string of the molecule is Cc1cc(C(=O)NC/C=C/c2ccc3ncnc(Nc4ccc(Oc5cccnc5)c(C)c4)c3c2)no1. The maximum Gasteiger partial charge on any atom is 0.273 e. The highest BCUT2D eigenvalue weighted by Crippen LogP contribution is 2.29. The van der Waals surface area contributed by atoms with Crippen LogP contribution in [0.1, 0.15) is 27.4 Å². The van der Waals surface area contributed by atoms with Gasteiger partial charge in [-0.05, 0) is 67.4 Å². The van der Waals surface area contributed by atoms with Crippen molar-refractivity contribution in [1.29, 1.82) is 0 Å². The molecule has 37 heavy (non-hydrogen) atoms. The van der Waals surface area contributed by atoms with Crippen molar-refractivity contribution in [2.75, 3.05) is 11.9 Å². The number of aryl methyl sites for hydroxylation is 2. The molecule has 0 spiro atoms. The normalized spacial score (nSPS) is 11.1. The molecule has 3 aromatic heterocycles. The highest BCUT2D eigenvalue weighted by molar-refractivity contribution is 5.93. The quantitative estimate of drug-likeness (QED) is 0.287. The van der Waals surface area contributed by atoms with Crippen molar-refractivity contribution in [3.05, 3.63) is 102 Å². The van der Waals surface area contributed by atoms with E-state index in [9.17, 15) is 4.79 Å². The van der Waals surface area contributed by atoms with Crippen LogP contribution in [0.25, 0.3) is 17.0 Å². The molecule has 2 aromatic carbocycles. The fourth-order valence-electron chi connectivity index (χ4n) is 3.70. The van der Waals surface area contributed by atoms with Crippen LogP contribution in [0.5, 0.6) is 11.5 Å². The number of anilines is 2. The molecule has 3 heterocycles. The van der Waals surface area contributed by atoms with Crippen LogP contribution in [0.2, 0.25) is 0 Å². The molecule has 0 aliphatic carbocycles. The van der Waals surface area contributed by atoms with Gasteiger partial charge in [0.05, 0.1) is 11.7 Å². The molecule has 0 aliphatic heterocycles. The Kier molecular flexibility index (Phi) is 6.84. The average Bonchev–Trinajstić information content (AvgIpc) is 3.35. The second-order valence-electron chi connectivity index (χ2n) is 8.33. The van der Waals surface area contributed by atoms with Gasteiger partial charge in [-0.25, -0.2) is 9.97 Å². The summed E-state index contributed by atoms with van der Waals surface area (Å²) in [4.78, 5) is 25.0. The van der Waals surface area contributed by atoms with Crippen LogP contribution in [-0.2, 0) is 0 Å². The molecule has 5 aromatic rings. The summed E-state index contributed by atoms with van der Waals surface area (Å²) in [5.41, 5.74) is 3.88. The van der Waals surface area contributed by atoms with Gasteiger partial charge in [-0.3, -0.25) is 9.78 Å². The molecule has 0 radical (unpaired) electrons. The van der Waals surface area contributed by atoms with Crippen LogP contribution >= 0.6 is 0 Å². The van der Waals surface area contributed by atoms with E-state index >= 15 is 0 Å². The number of hydrogen-bond donors (Lipinski definition) is 2. The average molecular weight is 493 g/mol. The predicted molar refractivity (Wildman–Crippen MR) is 141 cm³/mol. The third-order valence-corrected chi connectivity index (χ3v) is 5.51. The molecule has 0 unspecified atom stereocenters. The van der Waals surface area contributed by atoms with Gasteiger partial charge in [0.1, 0.15) is 29.4 Å². The van der Waals surface area contributed by atoms with Gasteiger partial charge in [-0.15, -0.1) is 0 Å². The molecule has 9 heteroatoms. The number of amides is 1. The van der Waals surface area contributed by atoms with Gasteiger partial charge in [0.15, 0.2) is 5.69 Å². The first kappa shape index (κ1) is 23.7. The first-order valence-corrected chi connectivity index (χ1v) is 11.6. The van der Waals surface area contributed by atoms with Crippen LogP contribution < -0.4 is 15.4 Å². The van der Waals surface area contributed by atoms with E-state index in [2.05, 4.69) is 30.7 Å². The maximum atomic E-state index is 12.1. The second kappa shape index (κ2) is 10.7. The Hall–Kier alpha value is -5.05. The van der Waals surface area contributed by atoms with E-state index in [-0.39, 0.29) is 11.6 Å². The number of aromatic nitrogens is 4. The van der Waals surface area contributed by atoms with Crippen LogP contribution in [0.3, 0.4) is 0 Å². The monoisotopic (exact) mass is 492 g/mol. The van der Waals surface area contributed by atoms with Crippen molar-refractivity contribution in [1.82, 2.24) is 25.4 Å². The molecular formula is C28H24N6O3. The first-order chi connectivity index (χ1) is 18.0. The number of hydrogen-bond acceptors (Lipinski definition) is 8. The Morgan fingerprint density at radius 1 is 1.08 bits per heavy atom. The molecule has 1 amide bonds. The Labute approximate surface area is 213 Å². The summed E-state index contributed by atoms with van der Waals surface area (Å²) in [7, 11) is 0. The summed E-state index contributed by atoms with van der Waals surface area (Å²) in [5.74, 6) is 2.43. The molecular weight excluding hydrogens is 468 g/mol. The van der Waals surface area contributed by atoms with Gasteiger partial charge in [-0.1, -0.05) is 23.4 Å². The van der Waals surface area contributed by atoms with E-state index < -0.39 is 0 Å². The van der Waals surface area contributed by atoms with Crippen LogP contribution in [0.4, 0.5) is 11.5 Å². The number of ether oxygens (including phenoxy) is 1. The van der Waals surface area contributed by atoms with Gasteiger partial charge < -0.3 is 19.9 Å². The number of carbonyl (C=O) groups is 1. The van der Waals surface area contributed by atoms with E-state index in [1.165, 1.54) is 6.33 Å². The van der Waals surface area contributed by atoms with Gasteiger partial charge in [0.2, 0.25) is 0 Å². The lowest BCUT2D eigenvalue weighted by Gasteiger charge is -2.12. The molecule has 0 saturated heterocycles. The number of carbonyl (C=O) groups excluding carboxylic acids is 1. The Balaban J connectivity index is 1.28. The first-order valence-electron chi connectivity index (χ1n) is 11.6. The van der Waals surface area contributed by atoms with E-state index in [0.717, 1.165) is 33.5 Å². The lowest BCUT2D eigenvalue weighted by atomic mass is 10.1. The fraction of sp³-hybridized carbons (Fsp3) is 0.107. The third-order valence-electron chi connectivity index (χ3n) is 5.51. The Morgan fingerprint density at radius 3 is 2.78 bits per heavy atom. The zero-order valence-corrected chi connectivity index (χ0v) is 20.3. The lowest BCUT2D eigenvalue weighted by molar-refractivity contribution is 0.0949. The molecule has 0 atom stereocenters. The molecule has 9 nitrogen and oxygen atoms in total. The number of pyridine rings is 1. The third kappa shape index (κ3) is 5.79. The van der Waals surface area contributed by atoms with Gasteiger partial charge in [0, 0.05) is 29.9 Å². The summed E-state index contributed by atoms with van der Waals surface area (Å²) < 4.78 is 10.9. The summed E-state index contributed by atoms with van der Waals surface area (Å²) in [6, 6.07) is 17.1. The number of benzene rings is 2. The van der Waals surface area contributed by atoms with Crippen molar-refractivity contribution >= 4 is 34.4 Å². The van der Waals surface area contributed by atoms with Crippen molar-refractivity contribution in [2.24, 2.45) is 0 Å². The van der Waals surface area contributed by atoms with Crippen LogP contribution in [-0.4, -0.2) is 32.6 Å². The van der Waals surface area contributed by atoms with E-state index in [0.29, 0.717) is 23.9 Å². The molecule has 5 rings (SSSR count). The largest absolute Gasteiger partial charge is 0.455 e. The number of rotatable bonds is 8. The summed E-state index contributed by atoms with van der Waals surface area (Å²) in [6.07, 6.45) is 8.72. The smallest absolute Gasteiger partial charge is 0.273 e. The van der Waals surface area contributed by atoms with Gasteiger partial charge in [-0.2, -0.15) is 0 Å². The second-order valence-corrected chi connectivity index (χ2v) is 8.33. The minimum absolute atomic E-state index is 0.261. The zero-order valence-electron chi connectivity index (χ0n) is 20.3. The van der Waals surface area contributed by atoms with Crippen molar-refractivity contribution < 1.29 is 14.1 Å². The lowest BCUT2D eigenvalue weighted by Crippen LogP contribution is -2.23. The summed E-state index contributed by atoms with van der Waals surface area (Å²) >= 11 is 0. The summed E-state index contributed by atoms with van der Waals surface area (Å²) in [5, 5.41) is 10.8. The highest BCUT2D eigenvalue weighted by atomic mass is 16.5. The molecule has 0 fully saturated rings. The Morgan fingerprint density at radius 2 is 2.00 bits per heavy atom. The van der Waals surface area contributed by atoms with Crippen LogP contribution in [0.15, 0.2) is 83.9 Å². The maximum absolute atomic E-state index is 12.1. The number of fused-ring (bicyclic) bond motifs is 1. The van der Waals surface area contributed by atoms with E-state index in [1.54, 1.807) is 25.4 Å². The number of nitrogens with one attached hydrogen (secondary N) is 2. The molecule has 184 valence electrons. The minimum atomic E-state index is -0.285. The van der Waals surface area contributed by atoms with Gasteiger partial charge in [0.25, 0.3) is 5.91 Å². The Bertz CT molecular complexity index is 1580. The molecule has 0 bridgehead atoms. The zero-order chi connectivity index (χ0) is 25.6. The standard InChI is InChI=1S/C28H24N6O3/c1-18-13-21(8-10-26(18)36-22-6-4-11-29-16-22)33-27-23-15-20(7-9-24(23)31-17-32-27)5-3-12-30-28(35)25-14-19(2)37-34-25/h3-11,13-17H,12H2,1-2H3,(H,30,35)(H,31,32,33)/b5-3+. The summed E-state index contributed by atoms with van der Waals surface area (Å²) in [6.45, 7) is 4.08. The highest BCUT2D eigenvalue weighted by Gasteiger charge is 2.10. The van der Waals surface area contributed by atoms with E-state index in [4.69, 9.17) is 9.26 Å². The van der Waals surface area contributed by atoms with Crippen molar-refractivity contribution in [2.45, 2.75) is 13.8 Å². The van der Waals surface area contributed by atoms with Crippen LogP contribution in [0, 0.1) is 13.8 Å². The van der Waals surface area contributed by atoms with Crippen molar-refractivity contribution in [3.8, 4) is 11.5 Å². The topological polar surface area (TPSA) is 115 Å². The molecule has 0 saturated carbocycles. The van der Waals surface area contributed by atoms with Gasteiger partial charge >= 0.3 is 0 Å². The minimum Gasteiger partial charge on any atom is -0.455 e. The van der Waals surface area contributed by atoms with E-state index in [1.807, 2.05) is 67.6 Å². The molecule has 2 N–H and O–H groups in total. The predicted octanol–water partition coefficient (Wildman–Crippen LogP) is 5.61.